The van der Waals surface area contributed by atoms with Crippen molar-refractivity contribution in [3.05, 3.63) is 47.6 Å². The van der Waals surface area contributed by atoms with Gasteiger partial charge < -0.3 is 15.1 Å². The van der Waals surface area contributed by atoms with Crippen LogP contribution in [0.1, 0.15) is 6.92 Å². The molecule has 1 saturated heterocycles. The lowest BCUT2D eigenvalue weighted by Gasteiger charge is -2.37. The Morgan fingerprint density at radius 2 is 1.90 bits per heavy atom. The molecule has 11 heteroatoms. The lowest BCUT2D eigenvalue weighted by molar-refractivity contribution is 0.371. The summed E-state index contributed by atoms with van der Waals surface area (Å²) in [6, 6.07) is 10.1. The Morgan fingerprint density at radius 1 is 1.17 bits per heavy atom. The molecule has 0 amide bonds. The molecule has 3 rings (SSSR count). The third kappa shape index (κ3) is 6.53. The van der Waals surface area contributed by atoms with E-state index < -0.39 is 10.0 Å². The Balaban J connectivity index is 0.00000320. The first-order chi connectivity index (χ1) is 14.0. The number of aliphatic imine (C=N–C) groups is 1. The molecule has 2 aromatic rings. The van der Waals surface area contributed by atoms with Crippen LogP contribution in [-0.4, -0.2) is 65.1 Å². The van der Waals surface area contributed by atoms with E-state index in [-0.39, 0.29) is 36.3 Å². The van der Waals surface area contributed by atoms with Gasteiger partial charge in [-0.25, -0.2) is 17.5 Å². The molecule has 1 aliphatic heterocycles. The van der Waals surface area contributed by atoms with E-state index in [1.165, 1.54) is 17.4 Å². The van der Waals surface area contributed by atoms with Crippen molar-refractivity contribution in [3.8, 4) is 0 Å². The number of benzene rings is 1. The third-order valence-corrected chi connectivity index (χ3v) is 7.39. The summed E-state index contributed by atoms with van der Waals surface area (Å²) in [5.74, 6) is 0.538. The second-order valence-corrected chi connectivity index (χ2v) is 9.43. The average Bonchev–Trinajstić information content (AvgIpc) is 3.27. The van der Waals surface area contributed by atoms with Crippen molar-refractivity contribution in [1.82, 2.24) is 14.9 Å². The molecule has 0 unspecified atom stereocenters. The average molecular weight is 567 g/mol. The third-order valence-electron chi connectivity index (χ3n) is 4.53. The smallest absolute Gasteiger partial charge is 0.250 e. The summed E-state index contributed by atoms with van der Waals surface area (Å²) >= 11 is 1.19. The number of piperazine rings is 1. The number of rotatable bonds is 7. The minimum absolute atomic E-state index is 0. The Hall–Kier alpha value is -1.44. The van der Waals surface area contributed by atoms with Gasteiger partial charge in [0.05, 0.1) is 12.2 Å². The fourth-order valence-electron chi connectivity index (χ4n) is 3.12. The van der Waals surface area contributed by atoms with Crippen LogP contribution < -0.4 is 14.9 Å². The molecule has 2 heterocycles. The van der Waals surface area contributed by atoms with Crippen LogP contribution in [0.4, 0.5) is 10.1 Å². The summed E-state index contributed by atoms with van der Waals surface area (Å²) in [4.78, 5) is 8.70. The summed E-state index contributed by atoms with van der Waals surface area (Å²) in [7, 11) is -3.47. The molecule has 0 spiro atoms. The molecule has 2 N–H and O–H groups in total. The van der Waals surface area contributed by atoms with Crippen molar-refractivity contribution in [2.24, 2.45) is 4.99 Å². The summed E-state index contributed by atoms with van der Waals surface area (Å²) in [5.41, 5.74) is 0.622. The molecule has 0 atom stereocenters. The highest BCUT2D eigenvalue weighted by Gasteiger charge is 2.21. The summed E-state index contributed by atoms with van der Waals surface area (Å²) < 4.78 is 41.2. The zero-order valence-corrected chi connectivity index (χ0v) is 20.7. The number of thiophene rings is 1. The molecule has 1 fully saturated rings. The van der Waals surface area contributed by atoms with Crippen LogP contribution in [0.3, 0.4) is 0 Å². The number of hydrogen-bond acceptors (Lipinski definition) is 5. The first kappa shape index (κ1) is 24.8. The van der Waals surface area contributed by atoms with Gasteiger partial charge in [0.15, 0.2) is 5.96 Å². The fraction of sp³-hybridized carbons (Fsp3) is 0.421. The highest BCUT2D eigenvalue weighted by Crippen LogP contribution is 2.20. The van der Waals surface area contributed by atoms with E-state index in [9.17, 15) is 12.8 Å². The van der Waals surface area contributed by atoms with Crippen LogP contribution >= 0.6 is 35.3 Å². The topological polar surface area (TPSA) is 77.0 Å². The quantitative estimate of drug-likeness (QED) is 0.233. The number of nitrogens with one attached hydrogen (secondary N) is 2. The molecular formula is C19H27FIN5O2S2. The van der Waals surface area contributed by atoms with E-state index in [0.717, 1.165) is 5.96 Å². The van der Waals surface area contributed by atoms with E-state index in [2.05, 4.69) is 19.9 Å². The van der Waals surface area contributed by atoms with Gasteiger partial charge in [-0.1, -0.05) is 18.2 Å². The Labute approximate surface area is 198 Å². The molecule has 1 aromatic heterocycles. The minimum Gasteiger partial charge on any atom is -0.366 e. The molecular weight excluding hydrogens is 540 g/mol. The Morgan fingerprint density at radius 3 is 2.53 bits per heavy atom. The maximum absolute atomic E-state index is 14.0. The van der Waals surface area contributed by atoms with Crippen molar-refractivity contribution in [2.45, 2.75) is 11.1 Å². The van der Waals surface area contributed by atoms with Crippen LogP contribution in [0.25, 0.3) is 0 Å². The predicted octanol–water partition coefficient (Wildman–Crippen LogP) is 2.57. The number of para-hydroxylation sites is 1. The lowest BCUT2D eigenvalue weighted by atomic mass is 10.2. The first-order valence-corrected chi connectivity index (χ1v) is 11.9. The van der Waals surface area contributed by atoms with E-state index in [1.807, 2.05) is 17.9 Å². The number of nitrogens with zero attached hydrogens (tertiary/aromatic N) is 3. The SMILES string of the molecule is CCNC(=NCCNS(=O)(=O)c1cccs1)N1CCN(c2ccccc2F)CC1.I. The van der Waals surface area contributed by atoms with E-state index >= 15 is 0 Å². The van der Waals surface area contributed by atoms with Crippen LogP contribution in [0.2, 0.25) is 0 Å². The molecule has 1 aromatic carbocycles. The van der Waals surface area contributed by atoms with Crippen LogP contribution in [0.15, 0.2) is 51.0 Å². The molecule has 0 saturated carbocycles. The molecule has 1 aliphatic rings. The molecule has 0 aliphatic carbocycles. The Bertz CT molecular complexity index is 917. The predicted molar refractivity (Wildman–Crippen MR) is 131 cm³/mol. The summed E-state index contributed by atoms with van der Waals surface area (Å²) in [6.45, 7) is 6.07. The monoisotopic (exact) mass is 567 g/mol. The van der Waals surface area contributed by atoms with E-state index in [4.69, 9.17) is 0 Å². The zero-order valence-electron chi connectivity index (χ0n) is 16.8. The largest absolute Gasteiger partial charge is 0.366 e. The zero-order chi connectivity index (χ0) is 20.7. The number of guanidine groups is 1. The molecule has 166 valence electrons. The van der Waals surface area contributed by atoms with Crippen LogP contribution in [0, 0.1) is 5.82 Å². The fourth-order valence-corrected chi connectivity index (χ4v) is 5.18. The maximum atomic E-state index is 14.0. The van der Waals surface area contributed by atoms with Gasteiger partial charge >= 0.3 is 0 Å². The van der Waals surface area contributed by atoms with Gasteiger partial charge in [-0.3, -0.25) is 4.99 Å². The minimum atomic E-state index is -3.47. The summed E-state index contributed by atoms with van der Waals surface area (Å²) in [6.07, 6.45) is 0. The van der Waals surface area contributed by atoms with Crippen molar-refractivity contribution in [2.75, 3.05) is 50.7 Å². The highest BCUT2D eigenvalue weighted by molar-refractivity contribution is 14.0. The second kappa shape index (κ2) is 11.8. The molecule has 30 heavy (non-hydrogen) atoms. The number of halogens is 2. The normalized spacial score (nSPS) is 15.1. The van der Waals surface area contributed by atoms with Crippen molar-refractivity contribution in [3.63, 3.8) is 0 Å². The second-order valence-electron chi connectivity index (χ2n) is 6.49. The van der Waals surface area contributed by atoms with Gasteiger partial charge in [-0.15, -0.1) is 35.3 Å². The van der Waals surface area contributed by atoms with Crippen LogP contribution in [0.5, 0.6) is 0 Å². The van der Waals surface area contributed by atoms with E-state index in [1.54, 1.807) is 29.6 Å². The first-order valence-electron chi connectivity index (χ1n) is 9.57. The Kier molecular flexibility index (Phi) is 9.78. The molecule has 0 bridgehead atoms. The van der Waals surface area contributed by atoms with Gasteiger partial charge in [-0.05, 0) is 30.5 Å². The van der Waals surface area contributed by atoms with Gasteiger partial charge in [0.25, 0.3) is 0 Å². The highest BCUT2D eigenvalue weighted by atomic mass is 127. The van der Waals surface area contributed by atoms with Gasteiger partial charge in [0.2, 0.25) is 10.0 Å². The van der Waals surface area contributed by atoms with Gasteiger partial charge in [-0.2, -0.15) is 0 Å². The molecule has 7 nitrogen and oxygen atoms in total. The van der Waals surface area contributed by atoms with E-state index in [0.29, 0.717) is 49.2 Å². The lowest BCUT2D eigenvalue weighted by Crippen LogP contribution is -2.52. The van der Waals surface area contributed by atoms with Crippen molar-refractivity contribution < 1.29 is 12.8 Å². The maximum Gasteiger partial charge on any atom is 0.250 e. The van der Waals surface area contributed by atoms with Gasteiger partial charge in [0, 0.05) is 39.3 Å². The number of hydrogen-bond donors (Lipinski definition) is 2. The van der Waals surface area contributed by atoms with Crippen molar-refractivity contribution in [1.29, 1.82) is 0 Å². The number of anilines is 1. The summed E-state index contributed by atoms with van der Waals surface area (Å²) in [5, 5.41) is 4.98. The van der Waals surface area contributed by atoms with Crippen LogP contribution in [-0.2, 0) is 10.0 Å². The van der Waals surface area contributed by atoms with Crippen molar-refractivity contribution >= 4 is 57.0 Å². The number of sulfonamides is 1. The molecule has 0 radical (unpaired) electrons. The van der Waals surface area contributed by atoms with Gasteiger partial charge in [0.1, 0.15) is 10.0 Å². The standard InChI is InChI=1S/C19H26FN5O2S2.HI/c1-2-21-19(22-9-10-23-29(26,27)18-8-5-15-28-18)25-13-11-24(12-14-25)17-7-4-3-6-16(17)20;/h3-8,15,23H,2,9-14H2,1H3,(H,21,22);1H.